The molecule has 0 unspecified atom stereocenters. The van der Waals surface area contributed by atoms with Gasteiger partial charge in [-0.3, -0.25) is 9.89 Å². The highest BCUT2D eigenvalue weighted by Crippen LogP contribution is 2.31. The number of aryl methyl sites for hydroxylation is 2. The third-order valence-electron chi connectivity index (χ3n) is 5.09. The predicted octanol–water partition coefficient (Wildman–Crippen LogP) is 5.04. The summed E-state index contributed by atoms with van der Waals surface area (Å²) in [6.07, 6.45) is 0.256. The lowest BCUT2D eigenvalue weighted by Gasteiger charge is -2.10. The van der Waals surface area contributed by atoms with Crippen LogP contribution in [0.3, 0.4) is 0 Å². The highest BCUT2D eigenvalue weighted by Gasteiger charge is 2.13. The standard InChI is InChI=1S/C24H23N3O2/c1-15-6-4-7-16(2)23(15)18-10-11-20-21(14-18)26-27-24(20)25-22(28)13-17-8-5-9-19(12-17)29-3/h4-12,14H,13H2,1-3H3,(H2,25,26,27,28). The number of methoxy groups -OCH3 is 1. The molecule has 5 nitrogen and oxygen atoms in total. The Labute approximate surface area is 169 Å². The molecule has 0 atom stereocenters. The van der Waals surface area contributed by atoms with Gasteiger partial charge in [0.05, 0.1) is 19.0 Å². The molecule has 0 aliphatic heterocycles. The number of carbonyl (C=O) groups excluding carboxylic acids is 1. The summed E-state index contributed by atoms with van der Waals surface area (Å²) in [5.74, 6) is 1.16. The zero-order valence-corrected chi connectivity index (χ0v) is 16.7. The molecule has 1 amide bonds. The molecule has 146 valence electrons. The van der Waals surface area contributed by atoms with E-state index in [0.29, 0.717) is 5.82 Å². The van der Waals surface area contributed by atoms with Gasteiger partial charge in [0.15, 0.2) is 5.82 Å². The van der Waals surface area contributed by atoms with Crippen LogP contribution in [0.4, 0.5) is 5.82 Å². The van der Waals surface area contributed by atoms with Crippen molar-refractivity contribution < 1.29 is 9.53 Å². The molecule has 2 N–H and O–H groups in total. The summed E-state index contributed by atoms with van der Waals surface area (Å²) in [7, 11) is 1.61. The lowest BCUT2D eigenvalue weighted by molar-refractivity contribution is -0.115. The van der Waals surface area contributed by atoms with E-state index in [4.69, 9.17) is 4.74 Å². The second-order valence-corrected chi connectivity index (χ2v) is 7.18. The van der Waals surface area contributed by atoms with Crippen molar-refractivity contribution in [3.8, 4) is 16.9 Å². The molecular formula is C24H23N3O2. The molecule has 4 rings (SSSR count). The Bertz CT molecular complexity index is 1170. The van der Waals surface area contributed by atoms with Crippen LogP contribution in [-0.4, -0.2) is 23.2 Å². The van der Waals surface area contributed by atoms with Crippen molar-refractivity contribution in [1.29, 1.82) is 0 Å². The zero-order chi connectivity index (χ0) is 20.4. The highest BCUT2D eigenvalue weighted by atomic mass is 16.5. The first kappa shape index (κ1) is 18.7. The molecule has 3 aromatic carbocycles. The predicted molar refractivity (Wildman–Crippen MR) is 116 cm³/mol. The molecule has 29 heavy (non-hydrogen) atoms. The SMILES string of the molecule is COc1cccc(CC(=O)Nc2n[nH]c3cc(-c4c(C)cccc4C)ccc23)c1. The fourth-order valence-corrected chi connectivity index (χ4v) is 3.68. The minimum absolute atomic E-state index is 0.120. The van der Waals surface area contributed by atoms with Crippen molar-refractivity contribution >= 4 is 22.6 Å². The highest BCUT2D eigenvalue weighted by molar-refractivity contribution is 6.01. The smallest absolute Gasteiger partial charge is 0.230 e. The number of amides is 1. The number of benzene rings is 3. The van der Waals surface area contributed by atoms with E-state index in [1.807, 2.05) is 30.3 Å². The van der Waals surface area contributed by atoms with E-state index in [-0.39, 0.29) is 12.3 Å². The minimum atomic E-state index is -0.120. The first-order valence-corrected chi connectivity index (χ1v) is 9.52. The fourth-order valence-electron chi connectivity index (χ4n) is 3.68. The van der Waals surface area contributed by atoms with Gasteiger partial charge in [0.1, 0.15) is 5.75 Å². The van der Waals surface area contributed by atoms with Crippen LogP contribution in [0.1, 0.15) is 16.7 Å². The number of carbonyl (C=O) groups is 1. The number of ether oxygens (including phenoxy) is 1. The van der Waals surface area contributed by atoms with Gasteiger partial charge in [-0.25, -0.2) is 0 Å². The summed E-state index contributed by atoms with van der Waals surface area (Å²) >= 11 is 0. The van der Waals surface area contributed by atoms with Crippen molar-refractivity contribution in [3.63, 3.8) is 0 Å². The van der Waals surface area contributed by atoms with E-state index in [2.05, 4.69) is 59.7 Å². The maximum Gasteiger partial charge on any atom is 0.230 e. The van der Waals surface area contributed by atoms with Gasteiger partial charge in [-0.1, -0.05) is 36.4 Å². The van der Waals surface area contributed by atoms with Crippen molar-refractivity contribution in [2.75, 3.05) is 12.4 Å². The van der Waals surface area contributed by atoms with Crippen molar-refractivity contribution in [2.24, 2.45) is 0 Å². The molecule has 5 heteroatoms. The van der Waals surface area contributed by atoms with Crippen LogP contribution >= 0.6 is 0 Å². The average molecular weight is 385 g/mol. The molecular weight excluding hydrogens is 362 g/mol. The van der Waals surface area contributed by atoms with E-state index in [1.54, 1.807) is 7.11 Å². The monoisotopic (exact) mass is 385 g/mol. The number of rotatable bonds is 5. The number of fused-ring (bicyclic) bond motifs is 1. The number of nitrogens with one attached hydrogen (secondary N) is 2. The van der Waals surface area contributed by atoms with Gasteiger partial charge in [0.2, 0.25) is 5.91 Å². The van der Waals surface area contributed by atoms with Gasteiger partial charge < -0.3 is 10.1 Å². The second-order valence-electron chi connectivity index (χ2n) is 7.18. The molecule has 1 heterocycles. The molecule has 0 aliphatic rings. The van der Waals surface area contributed by atoms with Gasteiger partial charge in [0.25, 0.3) is 0 Å². The first-order chi connectivity index (χ1) is 14.0. The number of nitrogens with zero attached hydrogens (tertiary/aromatic N) is 1. The Morgan fingerprint density at radius 3 is 2.55 bits per heavy atom. The van der Waals surface area contributed by atoms with Crippen LogP contribution in [-0.2, 0) is 11.2 Å². The van der Waals surface area contributed by atoms with Crippen LogP contribution in [0.2, 0.25) is 0 Å². The summed E-state index contributed by atoms with van der Waals surface area (Å²) < 4.78 is 5.22. The summed E-state index contributed by atoms with van der Waals surface area (Å²) in [5.41, 5.74) is 6.60. The average Bonchev–Trinajstić information content (AvgIpc) is 3.10. The van der Waals surface area contributed by atoms with E-state index >= 15 is 0 Å². The number of H-pyrrole nitrogens is 1. The van der Waals surface area contributed by atoms with Crippen LogP contribution in [0.5, 0.6) is 5.75 Å². The fraction of sp³-hybridized carbons (Fsp3) is 0.167. The van der Waals surface area contributed by atoms with Gasteiger partial charge >= 0.3 is 0 Å². The molecule has 0 fully saturated rings. The van der Waals surface area contributed by atoms with Crippen molar-refractivity contribution in [3.05, 3.63) is 77.4 Å². The van der Waals surface area contributed by atoms with Gasteiger partial charge in [0, 0.05) is 5.39 Å². The number of anilines is 1. The molecule has 1 aromatic heterocycles. The zero-order valence-electron chi connectivity index (χ0n) is 16.7. The van der Waals surface area contributed by atoms with Gasteiger partial charge in [-0.2, -0.15) is 5.10 Å². The van der Waals surface area contributed by atoms with E-state index in [9.17, 15) is 4.79 Å². The summed E-state index contributed by atoms with van der Waals surface area (Å²) in [6, 6.07) is 19.9. The van der Waals surface area contributed by atoms with Crippen LogP contribution in [0.15, 0.2) is 60.7 Å². The van der Waals surface area contributed by atoms with Crippen LogP contribution < -0.4 is 10.1 Å². The Balaban J connectivity index is 1.57. The molecule has 0 radical (unpaired) electrons. The number of hydrogen-bond donors (Lipinski definition) is 2. The maximum absolute atomic E-state index is 12.5. The number of aromatic amines is 1. The first-order valence-electron chi connectivity index (χ1n) is 9.52. The minimum Gasteiger partial charge on any atom is -0.497 e. The Hall–Kier alpha value is -3.60. The summed E-state index contributed by atoms with van der Waals surface area (Å²) in [5, 5.41) is 11.1. The molecule has 0 spiro atoms. The van der Waals surface area contributed by atoms with E-state index in [1.165, 1.54) is 16.7 Å². The van der Waals surface area contributed by atoms with Gasteiger partial charge in [-0.05, 0) is 65.9 Å². The third-order valence-corrected chi connectivity index (χ3v) is 5.09. The number of hydrogen-bond acceptors (Lipinski definition) is 3. The largest absolute Gasteiger partial charge is 0.497 e. The lowest BCUT2D eigenvalue weighted by Crippen LogP contribution is -2.14. The summed E-state index contributed by atoms with van der Waals surface area (Å²) in [4.78, 5) is 12.5. The molecule has 0 saturated heterocycles. The van der Waals surface area contributed by atoms with E-state index in [0.717, 1.165) is 27.8 Å². The topological polar surface area (TPSA) is 67.0 Å². The quantitative estimate of drug-likeness (QED) is 0.506. The lowest BCUT2D eigenvalue weighted by atomic mass is 9.95. The van der Waals surface area contributed by atoms with Crippen molar-refractivity contribution in [2.45, 2.75) is 20.3 Å². The normalized spacial score (nSPS) is 10.9. The molecule has 4 aromatic rings. The molecule has 0 saturated carbocycles. The number of aromatic nitrogens is 2. The second kappa shape index (κ2) is 7.80. The van der Waals surface area contributed by atoms with Crippen molar-refractivity contribution in [1.82, 2.24) is 10.2 Å². The third kappa shape index (κ3) is 3.85. The Morgan fingerprint density at radius 2 is 1.79 bits per heavy atom. The Morgan fingerprint density at radius 1 is 1.03 bits per heavy atom. The summed E-state index contributed by atoms with van der Waals surface area (Å²) in [6.45, 7) is 4.23. The van der Waals surface area contributed by atoms with E-state index < -0.39 is 0 Å². The molecule has 0 bridgehead atoms. The van der Waals surface area contributed by atoms with Crippen LogP contribution in [0.25, 0.3) is 22.0 Å². The molecule has 0 aliphatic carbocycles. The maximum atomic E-state index is 12.5. The van der Waals surface area contributed by atoms with Crippen LogP contribution in [0, 0.1) is 13.8 Å². The van der Waals surface area contributed by atoms with Gasteiger partial charge in [-0.15, -0.1) is 0 Å². The Kier molecular flexibility index (Phi) is 5.04.